The second kappa shape index (κ2) is 7.64. The van der Waals surface area contributed by atoms with Crippen LogP contribution in [0.3, 0.4) is 0 Å². The molecule has 0 spiro atoms. The lowest BCUT2D eigenvalue weighted by Gasteiger charge is -2.00. The highest BCUT2D eigenvalue weighted by Gasteiger charge is 2.01. The molecule has 0 aliphatic rings. The van der Waals surface area contributed by atoms with Gasteiger partial charge < -0.3 is 10.2 Å². The fraction of sp³-hybridized carbons (Fsp3) is 0. The number of phenolic OH excluding ortho intramolecular Hbond substituents is 2. The largest absolute Gasteiger partial charge is 0.507 e. The fourth-order valence-corrected chi connectivity index (χ4v) is 2.43. The van der Waals surface area contributed by atoms with Crippen LogP contribution in [0.25, 0.3) is 24.3 Å². The van der Waals surface area contributed by atoms with Gasteiger partial charge in [-0.3, -0.25) is 0 Å². The number of rotatable bonds is 4. The molecule has 0 fully saturated rings. The van der Waals surface area contributed by atoms with Crippen molar-refractivity contribution in [2.75, 3.05) is 0 Å². The average Bonchev–Trinajstić information content (AvgIpc) is 2.60. The Kier molecular flexibility index (Phi) is 5.11. The average molecular weight is 351 g/mol. The molecule has 0 aliphatic heterocycles. The van der Waals surface area contributed by atoms with Crippen LogP contribution in [0.2, 0.25) is 5.28 Å². The van der Waals surface area contributed by atoms with Gasteiger partial charge in [-0.05, 0) is 54.1 Å². The first-order valence-corrected chi connectivity index (χ1v) is 7.96. The highest BCUT2D eigenvalue weighted by molar-refractivity contribution is 6.28. The molecule has 2 aromatic carbocycles. The maximum atomic E-state index is 9.79. The number of phenols is 2. The van der Waals surface area contributed by atoms with Crippen molar-refractivity contribution in [3.05, 3.63) is 82.4 Å². The van der Waals surface area contributed by atoms with Crippen LogP contribution in [0.4, 0.5) is 0 Å². The highest BCUT2D eigenvalue weighted by atomic mass is 35.5. The molecular weight excluding hydrogens is 336 g/mol. The quantitative estimate of drug-likeness (QED) is 0.658. The molecule has 0 bridgehead atoms. The summed E-state index contributed by atoms with van der Waals surface area (Å²) >= 11 is 5.99. The van der Waals surface area contributed by atoms with E-state index in [2.05, 4.69) is 9.97 Å². The number of hydrogen-bond donors (Lipinski definition) is 2. The van der Waals surface area contributed by atoms with Crippen molar-refractivity contribution in [2.45, 2.75) is 0 Å². The maximum absolute atomic E-state index is 9.79. The molecule has 0 unspecified atom stereocenters. The molecule has 0 atom stereocenters. The number of aromatic hydroxyl groups is 2. The van der Waals surface area contributed by atoms with Crippen LogP contribution in [0.5, 0.6) is 11.5 Å². The van der Waals surface area contributed by atoms with Crippen LogP contribution >= 0.6 is 11.6 Å². The van der Waals surface area contributed by atoms with E-state index < -0.39 is 0 Å². The van der Waals surface area contributed by atoms with E-state index in [1.807, 2.05) is 12.1 Å². The molecule has 4 nitrogen and oxygen atoms in total. The zero-order chi connectivity index (χ0) is 17.6. The van der Waals surface area contributed by atoms with Crippen LogP contribution in [0.15, 0.2) is 54.6 Å². The third kappa shape index (κ3) is 4.46. The van der Waals surface area contributed by atoms with Gasteiger partial charge in [0.25, 0.3) is 0 Å². The zero-order valence-corrected chi connectivity index (χ0v) is 13.9. The molecule has 0 radical (unpaired) electrons. The van der Waals surface area contributed by atoms with Gasteiger partial charge in [-0.2, -0.15) is 0 Å². The van der Waals surface area contributed by atoms with E-state index in [0.29, 0.717) is 22.5 Å². The Bertz CT molecular complexity index is 878. The van der Waals surface area contributed by atoms with Crippen LogP contribution in [0, 0.1) is 0 Å². The number of para-hydroxylation sites is 2. The molecule has 0 amide bonds. The second-order valence-electron chi connectivity index (χ2n) is 5.27. The van der Waals surface area contributed by atoms with Crippen LogP contribution in [-0.4, -0.2) is 20.2 Å². The summed E-state index contributed by atoms with van der Waals surface area (Å²) in [5, 5.41) is 19.7. The smallest absolute Gasteiger partial charge is 0.223 e. The Hall–Kier alpha value is -3.11. The predicted octanol–water partition coefficient (Wildman–Crippen LogP) is 4.88. The molecule has 0 saturated heterocycles. The van der Waals surface area contributed by atoms with Crippen LogP contribution in [-0.2, 0) is 0 Å². The van der Waals surface area contributed by atoms with E-state index in [-0.39, 0.29) is 16.8 Å². The van der Waals surface area contributed by atoms with E-state index in [4.69, 9.17) is 11.6 Å². The summed E-state index contributed by atoms with van der Waals surface area (Å²) in [5.74, 6) is 0.386. The summed E-state index contributed by atoms with van der Waals surface area (Å²) in [6, 6.07) is 15.8. The lowest BCUT2D eigenvalue weighted by Crippen LogP contribution is -1.90. The van der Waals surface area contributed by atoms with Gasteiger partial charge in [0.2, 0.25) is 5.28 Å². The van der Waals surface area contributed by atoms with E-state index in [9.17, 15) is 10.2 Å². The fourth-order valence-electron chi connectivity index (χ4n) is 2.23. The number of halogens is 1. The Morgan fingerprint density at radius 1 is 0.680 bits per heavy atom. The Labute approximate surface area is 150 Å². The summed E-state index contributed by atoms with van der Waals surface area (Å²) in [6.07, 6.45) is 7.01. The molecule has 3 rings (SSSR count). The maximum Gasteiger partial charge on any atom is 0.223 e. The molecule has 1 heterocycles. The molecule has 0 saturated carbocycles. The number of benzene rings is 2. The van der Waals surface area contributed by atoms with E-state index in [0.717, 1.165) is 0 Å². The van der Waals surface area contributed by atoms with E-state index in [1.54, 1.807) is 66.8 Å². The molecule has 1 aromatic heterocycles. The first-order chi connectivity index (χ1) is 12.1. The van der Waals surface area contributed by atoms with Gasteiger partial charge in [0, 0.05) is 11.1 Å². The molecule has 25 heavy (non-hydrogen) atoms. The normalized spacial score (nSPS) is 11.4. The van der Waals surface area contributed by atoms with Gasteiger partial charge in [0.15, 0.2) is 0 Å². The van der Waals surface area contributed by atoms with E-state index in [1.165, 1.54) is 0 Å². The Morgan fingerprint density at radius 2 is 1.12 bits per heavy atom. The third-order valence-electron chi connectivity index (χ3n) is 3.48. The van der Waals surface area contributed by atoms with Gasteiger partial charge in [-0.25, -0.2) is 9.97 Å². The van der Waals surface area contributed by atoms with Crippen molar-refractivity contribution in [1.82, 2.24) is 9.97 Å². The minimum absolute atomic E-state index is 0.122. The SMILES string of the molecule is Oc1ccccc1C=Cc1cc(/C=C/c2ccccc2O)nc(Cl)n1. The number of hydrogen-bond acceptors (Lipinski definition) is 4. The second-order valence-corrected chi connectivity index (χ2v) is 5.61. The van der Waals surface area contributed by atoms with Crippen molar-refractivity contribution in [3.63, 3.8) is 0 Å². The lowest BCUT2D eigenvalue weighted by atomic mass is 10.1. The minimum atomic E-state index is 0.122. The minimum Gasteiger partial charge on any atom is -0.507 e. The summed E-state index contributed by atoms with van der Waals surface area (Å²) in [7, 11) is 0. The van der Waals surface area contributed by atoms with Gasteiger partial charge >= 0.3 is 0 Å². The van der Waals surface area contributed by atoms with Crippen molar-refractivity contribution >= 4 is 35.9 Å². The van der Waals surface area contributed by atoms with Crippen LogP contribution in [0.1, 0.15) is 22.5 Å². The van der Waals surface area contributed by atoms with E-state index >= 15 is 0 Å². The van der Waals surface area contributed by atoms with Gasteiger partial charge in [-0.1, -0.05) is 36.4 Å². The monoisotopic (exact) mass is 350 g/mol. The van der Waals surface area contributed by atoms with Crippen molar-refractivity contribution < 1.29 is 10.2 Å². The molecular formula is C20H15ClN2O2. The predicted molar refractivity (Wildman–Crippen MR) is 101 cm³/mol. The number of aromatic nitrogens is 2. The van der Waals surface area contributed by atoms with Crippen molar-refractivity contribution in [3.8, 4) is 11.5 Å². The first kappa shape index (κ1) is 16.7. The van der Waals surface area contributed by atoms with Crippen LogP contribution < -0.4 is 0 Å². The lowest BCUT2D eigenvalue weighted by molar-refractivity contribution is 0.473. The Balaban J connectivity index is 1.86. The van der Waals surface area contributed by atoms with Crippen molar-refractivity contribution in [1.29, 1.82) is 0 Å². The summed E-state index contributed by atoms with van der Waals surface area (Å²) in [4.78, 5) is 8.31. The zero-order valence-electron chi connectivity index (χ0n) is 13.2. The third-order valence-corrected chi connectivity index (χ3v) is 3.65. The first-order valence-electron chi connectivity index (χ1n) is 7.58. The van der Waals surface area contributed by atoms with Gasteiger partial charge in [0.05, 0.1) is 11.4 Å². The Morgan fingerprint density at radius 3 is 1.56 bits per heavy atom. The van der Waals surface area contributed by atoms with Gasteiger partial charge in [-0.15, -0.1) is 0 Å². The summed E-state index contributed by atoms with van der Waals surface area (Å²) in [5.41, 5.74) is 2.59. The summed E-state index contributed by atoms with van der Waals surface area (Å²) < 4.78 is 0. The molecule has 124 valence electrons. The molecule has 0 aliphatic carbocycles. The van der Waals surface area contributed by atoms with Crippen molar-refractivity contribution in [2.24, 2.45) is 0 Å². The van der Waals surface area contributed by atoms with Gasteiger partial charge in [0.1, 0.15) is 11.5 Å². The number of nitrogens with zero attached hydrogens (tertiary/aromatic N) is 2. The standard InChI is InChI=1S/C20H15ClN2O2/c21-20-22-16(11-9-14-5-1-3-7-18(14)24)13-17(23-20)12-10-15-6-2-4-8-19(15)25/h1-13,24-25H/b11-9+,12-10?. The molecule has 3 aromatic rings. The summed E-state index contributed by atoms with van der Waals surface area (Å²) in [6.45, 7) is 0. The highest BCUT2D eigenvalue weighted by Crippen LogP contribution is 2.20. The molecule has 2 N–H and O–H groups in total. The topological polar surface area (TPSA) is 66.2 Å². The molecule has 5 heteroatoms.